The van der Waals surface area contributed by atoms with Crippen molar-refractivity contribution in [2.24, 2.45) is 0 Å². The van der Waals surface area contributed by atoms with Gasteiger partial charge in [-0.1, -0.05) is 11.6 Å². The molecule has 0 atom stereocenters. The molecule has 0 bridgehead atoms. The van der Waals surface area contributed by atoms with Crippen LogP contribution >= 0.6 is 0 Å². The van der Waals surface area contributed by atoms with Crippen LogP contribution in [0, 0.1) is 6.92 Å². The van der Waals surface area contributed by atoms with E-state index in [1.807, 2.05) is 6.92 Å². The van der Waals surface area contributed by atoms with Crippen LogP contribution in [0.3, 0.4) is 0 Å². The Labute approximate surface area is 87.9 Å². The Morgan fingerprint density at radius 2 is 2.07 bits per heavy atom. The number of hydrogen-bond donors (Lipinski definition) is 3. The highest BCUT2D eigenvalue weighted by atomic mass is 16.4. The maximum absolute atomic E-state index is 10.5. The smallest absolute Gasteiger partial charge is 0.337 e. The van der Waals surface area contributed by atoms with Crippen LogP contribution in [0.4, 0.5) is 5.69 Å². The van der Waals surface area contributed by atoms with E-state index in [0.717, 1.165) is 5.56 Å². The predicted molar refractivity (Wildman–Crippen MR) is 57.7 cm³/mol. The molecule has 1 aromatic carbocycles. The van der Waals surface area contributed by atoms with E-state index in [1.54, 1.807) is 25.2 Å². The summed E-state index contributed by atoms with van der Waals surface area (Å²) < 4.78 is 0. The molecule has 0 aliphatic rings. The molecule has 82 valence electrons. The average Bonchev–Trinajstić information content (AvgIpc) is 2.22. The fourth-order valence-corrected chi connectivity index (χ4v) is 0.855. The van der Waals surface area contributed by atoms with Crippen LogP contribution in [-0.4, -0.2) is 24.5 Å². The predicted octanol–water partition coefficient (Wildman–Crippen LogP) is 0.638. The second kappa shape index (κ2) is 6.42. The van der Waals surface area contributed by atoms with Crippen molar-refractivity contribution >= 4 is 18.1 Å². The summed E-state index contributed by atoms with van der Waals surface area (Å²) >= 11 is 0. The summed E-state index contributed by atoms with van der Waals surface area (Å²) in [6, 6.07) is 4.93. The Hall–Kier alpha value is -2.04. The number of benzene rings is 1. The minimum Gasteiger partial charge on any atom is -0.478 e. The first kappa shape index (κ1) is 13.0. The summed E-state index contributed by atoms with van der Waals surface area (Å²) in [5.74, 6) is -0.980. The first-order valence-corrected chi connectivity index (χ1v) is 4.23. The largest absolute Gasteiger partial charge is 0.478 e. The minimum atomic E-state index is -0.980. The first-order valence-electron chi connectivity index (χ1n) is 4.23. The normalized spacial score (nSPS) is 8.40. The Kier molecular flexibility index (Phi) is 5.55. The van der Waals surface area contributed by atoms with Crippen molar-refractivity contribution in [3.8, 4) is 0 Å². The molecule has 1 amide bonds. The van der Waals surface area contributed by atoms with Crippen molar-refractivity contribution < 1.29 is 14.7 Å². The third-order valence-corrected chi connectivity index (χ3v) is 1.56. The summed E-state index contributed by atoms with van der Waals surface area (Å²) in [7, 11) is 1.56. The van der Waals surface area contributed by atoms with Crippen LogP contribution in [0.2, 0.25) is 0 Å². The van der Waals surface area contributed by atoms with E-state index >= 15 is 0 Å². The van der Waals surface area contributed by atoms with Gasteiger partial charge in [-0.2, -0.15) is 0 Å². The molecule has 5 heteroatoms. The molecule has 0 aliphatic carbocycles. The Morgan fingerprint density at radius 3 is 2.40 bits per heavy atom. The molecule has 0 aliphatic heterocycles. The molecule has 4 N–H and O–H groups in total. The van der Waals surface area contributed by atoms with Crippen molar-refractivity contribution in [2.45, 2.75) is 6.92 Å². The number of aromatic carboxylic acids is 1. The fraction of sp³-hybridized carbons (Fsp3) is 0.200. The molecule has 1 aromatic rings. The quantitative estimate of drug-likeness (QED) is 0.493. The highest BCUT2D eigenvalue weighted by molar-refractivity contribution is 5.93. The summed E-state index contributed by atoms with van der Waals surface area (Å²) in [6.45, 7) is 1.83. The molecule has 1 rings (SSSR count). The van der Waals surface area contributed by atoms with Crippen LogP contribution in [0.25, 0.3) is 0 Å². The molecule has 0 spiro atoms. The lowest BCUT2D eigenvalue weighted by atomic mass is 10.1. The zero-order valence-corrected chi connectivity index (χ0v) is 8.65. The van der Waals surface area contributed by atoms with Crippen LogP contribution in [0.15, 0.2) is 18.2 Å². The SMILES string of the molecule is CNC=O.Cc1ccc(N)c(C(=O)O)c1. The van der Waals surface area contributed by atoms with Gasteiger partial charge in [0.25, 0.3) is 0 Å². The lowest BCUT2D eigenvalue weighted by Gasteiger charge is -2.00. The monoisotopic (exact) mass is 210 g/mol. The number of anilines is 1. The molecule has 0 unspecified atom stereocenters. The summed E-state index contributed by atoms with van der Waals surface area (Å²) in [5.41, 5.74) is 6.79. The summed E-state index contributed by atoms with van der Waals surface area (Å²) in [6.07, 6.45) is 0.625. The van der Waals surface area contributed by atoms with Gasteiger partial charge in [0, 0.05) is 12.7 Å². The van der Waals surface area contributed by atoms with Gasteiger partial charge in [0.15, 0.2) is 0 Å². The van der Waals surface area contributed by atoms with E-state index in [4.69, 9.17) is 15.6 Å². The van der Waals surface area contributed by atoms with Gasteiger partial charge in [0.1, 0.15) is 0 Å². The van der Waals surface area contributed by atoms with E-state index in [0.29, 0.717) is 12.1 Å². The van der Waals surface area contributed by atoms with Gasteiger partial charge in [-0.05, 0) is 19.1 Å². The van der Waals surface area contributed by atoms with E-state index in [2.05, 4.69) is 5.32 Å². The number of hydrogen-bond acceptors (Lipinski definition) is 3. The van der Waals surface area contributed by atoms with Gasteiger partial charge in [-0.25, -0.2) is 4.79 Å². The second-order valence-electron chi connectivity index (χ2n) is 2.80. The first-order chi connectivity index (χ1) is 7.02. The number of carbonyl (C=O) groups excluding carboxylic acids is 1. The van der Waals surface area contributed by atoms with Crippen molar-refractivity contribution in [1.82, 2.24) is 5.32 Å². The van der Waals surface area contributed by atoms with Crippen molar-refractivity contribution in [1.29, 1.82) is 0 Å². The van der Waals surface area contributed by atoms with Gasteiger partial charge in [-0.15, -0.1) is 0 Å². The number of carbonyl (C=O) groups is 2. The lowest BCUT2D eigenvalue weighted by molar-refractivity contribution is -0.109. The average molecular weight is 210 g/mol. The lowest BCUT2D eigenvalue weighted by Crippen LogP contribution is -2.02. The van der Waals surface area contributed by atoms with E-state index in [-0.39, 0.29) is 5.56 Å². The third kappa shape index (κ3) is 4.66. The molecule has 5 nitrogen and oxygen atoms in total. The highest BCUT2D eigenvalue weighted by Crippen LogP contribution is 2.12. The van der Waals surface area contributed by atoms with E-state index in [1.165, 1.54) is 0 Å². The van der Waals surface area contributed by atoms with Gasteiger partial charge < -0.3 is 16.2 Å². The van der Waals surface area contributed by atoms with Gasteiger partial charge in [0.2, 0.25) is 6.41 Å². The van der Waals surface area contributed by atoms with Crippen molar-refractivity contribution in [3.63, 3.8) is 0 Å². The summed E-state index contributed by atoms with van der Waals surface area (Å²) in [5, 5.41) is 10.9. The molecule has 0 radical (unpaired) electrons. The minimum absolute atomic E-state index is 0.171. The standard InChI is InChI=1S/C8H9NO2.C2H5NO/c1-5-2-3-7(9)6(4-5)8(10)11;1-3-2-4/h2-4H,9H2,1H3,(H,10,11);2H,1H3,(H,3,4). The molecule has 0 saturated carbocycles. The van der Waals surface area contributed by atoms with Gasteiger partial charge in [0.05, 0.1) is 5.56 Å². The number of nitrogens with two attached hydrogens (primary N) is 1. The maximum atomic E-state index is 10.5. The van der Waals surface area contributed by atoms with E-state index < -0.39 is 5.97 Å². The molecule has 15 heavy (non-hydrogen) atoms. The molecule has 0 heterocycles. The summed E-state index contributed by atoms with van der Waals surface area (Å²) in [4.78, 5) is 19.6. The van der Waals surface area contributed by atoms with Crippen LogP contribution < -0.4 is 11.1 Å². The second-order valence-corrected chi connectivity index (χ2v) is 2.80. The highest BCUT2D eigenvalue weighted by Gasteiger charge is 2.05. The molecular formula is C10H14N2O3. The zero-order chi connectivity index (χ0) is 11.8. The number of aryl methyl sites for hydroxylation is 1. The number of carboxylic acids is 1. The van der Waals surface area contributed by atoms with Gasteiger partial charge in [-0.3, -0.25) is 4.79 Å². The number of nitrogen functional groups attached to an aromatic ring is 1. The van der Waals surface area contributed by atoms with Crippen molar-refractivity contribution in [3.05, 3.63) is 29.3 Å². The fourth-order valence-electron chi connectivity index (χ4n) is 0.855. The third-order valence-electron chi connectivity index (χ3n) is 1.56. The molecule has 0 saturated heterocycles. The Morgan fingerprint density at radius 1 is 1.53 bits per heavy atom. The number of amides is 1. The van der Waals surface area contributed by atoms with Crippen molar-refractivity contribution in [2.75, 3.05) is 12.8 Å². The van der Waals surface area contributed by atoms with Crippen LogP contribution in [0.1, 0.15) is 15.9 Å². The van der Waals surface area contributed by atoms with E-state index in [9.17, 15) is 4.79 Å². The zero-order valence-electron chi connectivity index (χ0n) is 8.65. The van der Waals surface area contributed by atoms with Crippen LogP contribution in [-0.2, 0) is 4.79 Å². The molecular weight excluding hydrogens is 196 g/mol. The number of rotatable bonds is 2. The van der Waals surface area contributed by atoms with Gasteiger partial charge >= 0.3 is 5.97 Å². The maximum Gasteiger partial charge on any atom is 0.337 e. The molecule has 0 fully saturated rings. The molecule has 0 aromatic heterocycles. The number of carboxylic acid groups (broad SMARTS) is 1. The Balaban J connectivity index is 0.000000423. The van der Waals surface area contributed by atoms with Crippen LogP contribution in [0.5, 0.6) is 0 Å². The Bertz CT molecular complexity index is 351. The number of nitrogens with one attached hydrogen (secondary N) is 1. The topological polar surface area (TPSA) is 92.4 Å².